The number of methoxy groups -OCH3 is 2. The molecule has 4 rings (SSSR count). The Morgan fingerprint density at radius 3 is 2.33 bits per heavy atom. The van der Waals surface area contributed by atoms with Gasteiger partial charge in [-0.1, -0.05) is 37.6 Å². The van der Waals surface area contributed by atoms with Gasteiger partial charge >= 0.3 is 0 Å². The second kappa shape index (κ2) is 8.32. The summed E-state index contributed by atoms with van der Waals surface area (Å²) in [6.07, 6.45) is 1.08. The smallest absolute Gasteiger partial charge is 0.162 e. The lowest BCUT2D eigenvalue weighted by Gasteiger charge is -2.43. The van der Waals surface area contributed by atoms with Crippen LogP contribution >= 0.6 is 0 Å². The van der Waals surface area contributed by atoms with Gasteiger partial charge in [-0.2, -0.15) is 5.26 Å². The highest BCUT2D eigenvalue weighted by molar-refractivity contribution is 6.01. The number of benzene rings is 2. The first-order chi connectivity index (χ1) is 15.7. The zero-order valence-electron chi connectivity index (χ0n) is 19.7. The molecule has 2 N–H and O–H groups in total. The van der Waals surface area contributed by atoms with Crippen LogP contribution < -0.4 is 20.1 Å². The van der Waals surface area contributed by atoms with Crippen LogP contribution in [0.1, 0.15) is 43.7 Å². The first-order valence-electron chi connectivity index (χ1n) is 11.0. The average Bonchev–Trinajstić information content (AvgIpc) is 2.78. The lowest BCUT2D eigenvalue weighted by atomic mass is 9.68. The number of ether oxygens (including phenoxy) is 2. The molecule has 1 aliphatic carbocycles. The number of hydrogen-bond donors (Lipinski definition) is 1. The summed E-state index contributed by atoms with van der Waals surface area (Å²) in [7, 11) is 3.14. The zero-order valence-corrected chi connectivity index (χ0v) is 19.7. The maximum Gasteiger partial charge on any atom is 0.162 e. The molecule has 0 amide bonds. The number of Topliss-reactive ketones (excluding diaryl/α,β-unsaturated/α-hetero) is 1. The molecule has 0 saturated heterocycles. The molecule has 0 spiro atoms. The Kier molecular flexibility index (Phi) is 5.67. The summed E-state index contributed by atoms with van der Waals surface area (Å²) in [5, 5.41) is 10.2. The predicted molar refractivity (Wildman–Crippen MR) is 128 cm³/mol. The zero-order chi connectivity index (χ0) is 23.9. The fourth-order valence-corrected chi connectivity index (χ4v) is 4.86. The van der Waals surface area contributed by atoms with Crippen LogP contribution in [-0.2, 0) is 4.79 Å². The molecule has 0 bridgehead atoms. The van der Waals surface area contributed by atoms with Crippen LogP contribution in [-0.4, -0.2) is 20.0 Å². The quantitative estimate of drug-likeness (QED) is 0.719. The third-order valence-corrected chi connectivity index (χ3v) is 6.41. The van der Waals surface area contributed by atoms with E-state index in [0.29, 0.717) is 41.3 Å². The van der Waals surface area contributed by atoms with Crippen LogP contribution in [0, 0.1) is 23.7 Å². The third kappa shape index (κ3) is 3.84. The van der Waals surface area contributed by atoms with Gasteiger partial charge in [-0.3, -0.25) is 9.69 Å². The largest absolute Gasteiger partial charge is 0.493 e. The summed E-state index contributed by atoms with van der Waals surface area (Å²) in [5.41, 5.74) is 11.0. The SMILES string of the molecule is COc1ccc([C@H]2C(C#N)=C(N)N(c3ccc(C)cc3)C3=C2C(=O)CC(C)(C)C3)cc1OC. The van der Waals surface area contributed by atoms with E-state index in [1.165, 1.54) is 0 Å². The monoisotopic (exact) mass is 443 g/mol. The maximum atomic E-state index is 13.6. The highest BCUT2D eigenvalue weighted by atomic mass is 16.5. The highest BCUT2D eigenvalue weighted by Gasteiger charge is 2.44. The van der Waals surface area contributed by atoms with Gasteiger partial charge in [0.15, 0.2) is 17.3 Å². The van der Waals surface area contributed by atoms with Gasteiger partial charge in [0, 0.05) is 23.4 Å². The lowest BCUT2D eigenvalue weighted by molar-refractivity contribution is -0.118. The molecule has 2 aromatic carbocycles. The molecule has 1 atom stereocenters. The summed E-state index contributed by atoms with van der Waals surface area (Å²) in [6.45, 7) is 6.20. The van der Waals surface area contributed by atoms with Gasteiger partial charge in [0.2, 0.25) is 0 Å². The van der Waals surface area contributed by atoms with Gasteiger partial charge in [-0.25, -0.2) is 0 Å². The molecule has 0 saturated carbocycles. The number of nitrogens with two attached hydrogens (primary N) is 1. The van der Waals surface area contributed by atoms with Gasteiger partial charge in [-0.05, 0) is 48.6 Å². The van der Waals surface area contributed by atoms with Gasteiger partial charge in [-0.15, -0.1) is 0 Å². The van der Waals surface area contributed by atoms with Crippen molar-refractivity contribution in [3.63, 3.8) is 0 Å². The molecular formula is C27H29N3O3. The van der Waals surface area contributed by atoms with Crippen molar-refractivity contribution >= 4 is 11.5 Å². The molecule has 33 heavy (non-hydrogen) atoms. The van der Waals surface area contributed by atoms with Crippen molar-refractivity contribution in [3.8, 4) is 17.6 Å². The van der Waals surface area contributed by atoms with Crippen LogP contribution in [0.2, 0.25) is 0 Å². The Hall–Kier alpha value is -3.72. The van der Waals surface area contributed by atoms with E-state index >= 15 is 0 Å². The lowest BCUT2D eigenvalue weighted by Crippen LogP contribution is -2.42. The Morgan fingerprint density at radius 2 is 1.73 bits per heavy atom. The number of hydrogen-bond acceptors (Lipinski definition) is 6. The van der Waals surface area contributed by atoms with Crippen LogP contribution in [0.5, 0.6) is 11.5 Å². The summed E-state index contributed by atoms with van der Waals surface area (Å²) < 4.78 is 10.9. The third-order valence-electron chi connectivity index (χ3n) is 6.41. The van der Waals surface area contributed by atoms with Crippen LogP contribution in [0.15, 0.2) is 65.1 Å². The molecular weight excluding hydrogens is 414 g/mol. The van der Waals surface area contributed by atoms with Crippen LogP contribution in [0.25, 0.3) is 0 Å². The van der Waals surface area contributed by atoms with E-state index in [1.54, 1.807) is 20.3 Å². The molecule has 170 valence electrons. The normalized spacial score (nSPS) is 19.8. The Morgan fingerprint density at radius 1 is 1.06 bits per heavy atom. The minimum absolute atomic E-state index is 0.0402. The second-order valence-electron chi connectivity index (χ2n) is 9.43. The van der Waals surface area contributed by atoms with Crippen molar-refractivity contribution in [3.05, 3.63) is 76.3 Å². The van der Waals surface area contributed by atoms with E-state index in [4.69, 9.17) is 15.2 Å². The Bertz CT molecular complexity index is 1220. The fourth-order valence-electron chi connectivity index (χ4n) is 4.86. The van der Waals surface area contributed by atoms with Crippen LogP contribution in [0.3, 0.4) is 0 Å². The fraction of sp³-hybridized carbons (Fsp3) is 0.333. The molecule has 1 aliphatic heterocycles. The van der Waals surface area contributed by atoms with Gasteiger partial charge in [0.1, 0.15) is 5.82 Å². The van der Waals surface area contributed by atoms with Crippen molar-refractivity contribution in [2.24, 2.45) is 11.1 Å². The van der Waals surface area contributed by atoms with Crippen molar-refractivity contribution in [2.75, 3.05) is 19.1 Å². The minimum atomic E-state index is -0.560. The van der Waals surface area contributed by atoms with Crippen LogP contribution in [0.4, 0.5) is 5.69 Å². The topological polar surface area (TPSA) is 88.6 Å². The Labute approximate surface area is 194 Å². The number of rotatable bonds is 4. The molecule has 0 unspecified atom stereocenters. The summed E-state index contributed by atoms with van der Waals surface area (Å²) >= 11 is 0. The molecule has 2 aromatic rings. The van der Waals surface area contributed by atoms with Gasteiger partial charge in [0.25, 0.3) is 0 Å². The molecule has 6 nitrogen and oxygen atoms in total. The highest BCUT2D eigenvalue weighted by Crippen LogP contribution is 2.50. The number of nitrogens with zero attached hydrogens (tertiary/aromatic N) is 2. The Balaban J connectivity index is 1.98. The molecule has 2 aliphatic rings. The number of nitriles is 1. The van der Waals surface area contributed by atoms with Crippen molar-refractivity contribution < 1.29 is 14.3 Å². The van der Waals surface area contributed by atoms with Crippen molar-refractivity contribution in [1.82, 2.24) is 0 Å². The van der Waals surface area contributed by atoms with E-state index in [2.05, 4.69) is 19.9 Å². The second-order valence-corrected chi connectivity index (χ2v) is 9.43. The molecule has 0 aromatic heterocycles. The van der Waals surface area contributed by atoms with Crippen molar-refractivity contribution in [1.29, 1.82) is 5.26 Å². The number of carbonyl (C=O) groups is 1. The van der Waals surface area contributed by atoms with E-state index in [0.717, 1.165) is 22.5 Å². The molecule has 0 radical (unpaired) electrons. The van der Waals surface area contributed by atoms with Gasteiger partial charge < -0.3 is 15.2 Å². The van der Waals surface area contributed by atoms with E-state index in [-0.39, 0.29) is 11.2 Å². The van der Waals surface area contributed by atoms with E-state index in [9.17, 15) is 10.1 Å². The summed E-state index contributed by atoms with van der Waals surface area (Å²) in [4.78, 5) is 15.5. The first-order valence-corrected chi connectivity index (χ1v) is 11.0. The number of carbonyl (C=O) groups excluding carboxylic acids is 1. The maximum absolute atomic E-state index is 13.6. The molecule has 1 heterocycles. The van der Waals surface area contributed by atoms with E-state index in [1.807, 2.05) is 48.2 Å². The van der Waals surface area contributed by atoms with Crippen molar-refractivity contribution in [2.45, 2.75) is 39.5 Å². The van der Waals surface area contributed by atoms with E-state index < -0.39 is 5.92 Å². The first kappa shape index (κ1) is 22.5. The number of allylic oxidation sites excluding steroid dienone is 3. The molecule has 0 fully saturated rings. The summed E-state index contributed by atoms with van der Waals surface area (Å²) in [5.74, 6) is 0.954. The summed E-state index contributed by atoms with van der Waals surface area (Å²) in [6, 6.07) is 15.8. The number of ketones is 1. The minimum Gasteiger partial charge on any atom is -0.493 e. The standard InChI is InChI=1S/C27H29N3O3/c1-16-6-9-18(10-7-16)30-20-13-27(2,3)14-21(31)25(20)24(19(15-28)26(30)29)17-8-11-22(32-4)23(12-17)33-5/h6-12,24H,13-14,29H2,1-5H3/t24-/m0/s1. The number of aryl methyl sites for hydroxylation is 1. The molecule has 6 heteroatoms. The van der Waals surface area contributed by atoms with Gasteiger partial charge in [0.05, 0.1) is 31.8 Å². The number of anilines is 1. The average molecular weight is 444 g/mol. The predicted octanol–water partition coefficient (Wildman–Crippen LogP) is 4.95.